The van der Waals surface area contributed by atoms with Crippen LogP contribution in [0.3, 0.4) is 0 Å². The van der Waals surface area contributed by atoms with Gasteiger partial charge in [-0.25, -0.2) is 4.79 Å². The van der Waals surface area contributed by atoms with Crippen molar-refractivity contribution in [2.24, 2.45) is 52.3 Å². The zero-order valence-corrected chi connectivity index (χ0v) is 27.2. The van der Waals surface area contributed by atoms with E-state index >= 15 is 0 Å². The lowest BCUT2D eigenvalue weighted by atomic mass is 9.44. The number of hydrogen-bond donors (Lipinski definition) is 7. The standard InChI is InChI=1S/C34H56O11/c1-16-7-10-34(43-15-16)17(2)26-25(45-34)12-21-19-6-5-18-11-24(22(36)13-33(18,4)20(19)8-9-32(21,26)3)44-31(42)30(41)29(40)28(39)27(38)23(37)14-35/h16-30,35-41H,5-15H2,1-4H3/t16-,17+,18+,19?,20?,21+,22-,23+,24-,25?,26?,27-,28-,29+,30+,32+,33+,34-/m1/s1. The molecule has 4 aliphatic carbocycles. The second kappa shape index (κ2) is 12.2. The molecule has 18 atom stereocenters. The van der Waals surface area contributed by atoms with Crippen LogP contribution in [-0.4, -0.2) is 110 Å². The summed E-state index contributed by atoms with van der Waals surface area (Å²) in [5.74, 6) is 1.53. The van der Waals surface area contributed by atoms with Crippen molar-refractivity contribution in [3.63, 3.8) is 0 Å². The molecule has 0 amide bonds. The molecule has 0 aromatic carbocycles. The van der Waals surface area contributed by atoms with Crippen molar-refractivity contribution < 1.29 is 54.8 Å². The van der Waals surface area contributed by atoms with Gasteiger partial charge in [0.05, 0.1) is 25.4 Å². The minimum absolute atomic E-state index is 0.126. The average Bonchev–Trinajstić information content (AvgIpc) is 3.46. The zero-order chi connectivity index (χ0) is 32.6. The van der Waals surface area contributed by atoms with Crippen LogP contribution in [0.5, 0.6) is 0 Å². The van der Waals surface area contributed by atoms with Crippen molar-refractivity contribution in [1.29, 1.82) is 0 Å². The first-order chi connectivity index (χ1) is 21.2. The summed E-state index contributed by atoms with van der Waals surface area (Å²) in [4.78, 5) is 12.8. The third-order valence-electron chi connectivity index (χ3n) is 14.0. The molecule has 4 saturated carbocycles. The quantitative estimate of drug-likeness (QED) is 0.198. The van der Waals surface area contributed by atoms with Crippen molar-refractivity contribution in [1.82, 2.24) is 0 Å². The number of ether oxygens (including phenoxy) is 3. The maximum Gasteiger partial charge on any atom is 0.338 e. The molecule has 6 aliphatic rings. The van der Waals surface area contributed by atoms with E-state index in [9.17, 15) is 35.4 Å². The van der Waals surface area contributed by atoms with Crippen LogP contribution in [0.25, 0.3) is 0 Å². The van der Waals surface area contributed by atoms with Gasteiger partial charge in [-0.2, -0.15) is 0 Å². The van der Waals surface area contributed by atoms with E-state index in [1.807, 2.05) is 0 Å². The third-order valence-corrected chi connectivity index (χ3v) is 14.0. The highest BCUT2D eigenvalue weighted by atomic mass is 16.7. The van der Waals surface area contributed by atoms with E-state index in [4.69, 9.17) is 19.3 Å². The highest BCUT2D eigenvalue weighted by Gasteiger charge is 2.69. The predicted octanol–water partition coefficient (Wildman–Crippen LogP) is 1.11. The van der Waals surface area contributed by atoms with Crippen LogP contribution in [0, 0.1) is 52.3 Å². The topological polar surface area (TPSA) is 186 Å². The van der Waals surface area contributed by atoms with Crippen LogP contribution >= 0.6 is 0 Å². The second-order valence-electron chi connectivity index (χ2n) is 16.3. The molecule has 6 rings (SSSR count). The van der Waals surface area contributed by atoms with Crippen molar-refractivity contribution in [2.45, 2.75) is 140 Å². The fraction of sp³-hybridized carbons (Fsp3) is 0.971. The molecule has 0 aromatic rings. The number of aliphatic hydroxyl groups excluding tert-OH is 7. The molecule has 2 saturated heterocycles. The molecule has 2 aliphatic heterocycles. The van der Waals surface area contributed by atoms with Crippen LogP contribution in [0.15, 0.2) is 0 Å². The molecular formula is C34H56O11. The summed E-state index contributed by atoms with van der Waals surface area (Å²) in [7, 11) is 0. The summed E-state index contributed by atoms with van der Waals surface area (Å²) < 4.78 is 18.9. The monoisotopic (exact) mass is 640 g/mol. The van der Waals surface area contributed by atoms with Gasteiger partial charge < -0.3 is 50.0 Å². The highest BCUT2D eigenvalue weighted by molar-refractivity contribution is 5.75. The lowest BCUT2D eigenvalue weighted by molar-refractivity contribution is -0.273. The van der Waals surface area contributed by atoms with Gasteiger partial charge in [-0.15, -0.1) is 0 Å². The van der Waals surface area contributed by atoms with E-state index in [1.54, 1.807) is 0 Å². The molecular weight excluding hydrogens is 584 g/mol. The van der Waals surface area contributed by atoms with Gasteiger partial charge in [-0.1, -0.05) is 27.7 Å². The predicted molar refractivity (Wildman–Crippen MR) is 160 cm³/mol. The average molecular weight is 641 g/mol. The Labute approximate surface area is 266 Å². The van der Waals surface area contributed by atoms with Gasteiger partial charge in [0.2, 0.25) is 0 Å². The first kappa shape index (κ1) is 34.0. The molecule has 258 valence electrons. The summed E-state index contributed by atoms with van der Waals surface area (Å²) in [6.07, 6.45) is -3.48. The summed E-state index contributed by atoms with van der Waals surface area (Å²) in [6, 6.07) is 0. The lowest BCUT2D eigenvalue weighted by Crippen LogP contribution is -2.58. The molecule has 4 unspecified atom stereocenters. The number of fused-ring (bicyclic) bond motifs is 7. The van der Waals surface area contributed by atoms with Gasteiger partial charge in [-0.05, 0) is 97.7 Å². The van der Waals surface area contributed by atoms with E-state index < -0.39 is 61.1 Å². The Balaban J connectivity index is 1.10. The van der Waals surface area contributed by atoms with Crippen LogP contribution in [0.1, 0.15) is 85.5 Å². The Morgan fingerprint density at radius 1 is 0.911 bits per heavy atom. The van der Waals surface area contributed by atoms with Gasteiger partial charge in [0.25, 0.3) is 0 Å². The summed E-state index contributed by atoms with van der Waals surface area (Å²) in [5, 5.41) is 70.4. The molecule has 6 fully saturated rings. The van der Waals surface area contributed by atoms with Gasteiger partial charge in [0.1, 0.15) is 30.5 Å². The van der Waals surface area contributed by atoms with E-state index in [0.717, 1.165) is 51.6 Å². The number of aliphatic hydroxyl groups is 7. The Morgan fingerprint density at radius 3 is 2.31 bits per heavy atom. The molecule has 0 aromatic heterocycles. The third kappa shape index (κ3) is 5.40. The molecule has 45 heavy (non-hydrogen) atoms. The van der Waals surface area contributed by atoms with Gasteiger partial charge in [-0.3, -0.25) is 0 Å². The smallest absolute Gasteiger partial charge is 0.338 e. The van der Waals surface area contributed by atoms with Crippen molar-refractivity contribution in [3.05, 3.63) is 0 Å². The van der Waals surface area contributed by atoms with Gasteiger partial charge in [0, 0.05) is 12.3 Å². The summed E-state index contributed by atoms with van der Waals surface area (Å²) in [5.41, 5.74) is 0.0670. The second-order valence-corrected chi connectivity index (χ2v) is 16.3. The van der Waals surface area contributed by atoms with E-state index in [0.29, 0.717) is 48.3 Å². The van der Waals surface area contributed by atoms with Crippen LogP contribution in [-0.2, 0) is 19.0 Å². The van der Waals surface area contributed by atoms with Crippen LogP contribution < -0.4 is 0 Å². The molecule has 7 N–H and O–H groups in total. The number of carbonyl (C=O) groups excluding carboxylic acids is 1. The molecule has 1 spiro atoms. The summed E-state index contributed by atoms with van der Waals surface area (Å²) in [6.45, 7) is 9.29. The molecule has 11 heteroatoms. The molecule has 2 heterocycles. The van der Waals surface area contributed by atoms with Crippen molar-refractivity contribution in [2.75, 3.05) is 13.2 Å². The molecule has 0 radical (unpaired) electrons. The fourth-order valence-corrected chi connectivity index (χ4v) is 11.5. The van der Waals surface area contributed by atoms with Gasteiger partial charge in [0.15, 0.2) is 11.9 Å². The molecule has 0 bridgehead atoms. The fourth-order valence-electron chi connectivity index (χ4n) is 11.5. The Kier molecular flexibility index (Phi) is 9.23. The summed E-state index contributed by atoms with van der Waals surface area (Å²) >= 11 is 0. The zero-order valence-electron chi connectivity index (χ0n) is 27.2. The number of hydrogen-bond acceptors (Lipinski definition) is 11. The number of carbonyl (C=O) groups is 1. The van der Waals surface area contributed by atoms with Gasteiger partial charge >= 0.3 is 5.97 Å². The normalized spacial score (nSPS) is 50.8. The Morgan fingerprint density at radius 2 is 1.64 bits per heavy atom. The maximum atomic E-state index is 12.8. The first-order valence-corrected chi connectivity index (χ1v) is 17.4. The van der Waals surface area contributed by atoms with E-state index in [2.05, 4.69) is 27.7 Å². The largest absolute Gasteiger partial charge is 0.458 e. The minimum atomic E-state index is -2.21. The SMILES string of the molecule is C[C@@H]1CC[C@@]2(OC1)OC1C[C@H]3C4CC[C@H]5C[C@@H](OC(=O)[C@@H](O)[C@@H](O)[C@H](O)[C@H](O)[C@@H](O)CO)[C@H](O)C[C@]5(C)C4CC[C@]3(C)C1[C@@H]2C. The van der Waals surface area contributed by atoms with Crippen molar-refractivity contribution in [3.8, 4) is 0 Å². The lowest BCUT2D eigenvalue weighted by Gasteiger charge is -2.62. The van der Waals surface area contributed by atoms with E-state index in [1.165, 1.54) is 0 Å². The molecule has 11 nitrogen and oxygen atoms in total. The highest BCUT2D eigenvalue weighted by Crippen LogP contribution is 2.71. The maximum absolute atomic E-state index is 12.8. The Bertz CT molecular complexity index is 1080. The van der Waals surface area contributed by atoms with Crippen molar-refractivity contribution >= 4 is 5.97 Å². The van der Waals surface area contributed by atoms with Crippen LogP contribution in [0.2, 0.25) is 0 Å². The Hall–Kier alpha value is -0.890. The first-order valence-electron chi connectivity index (χ1n) is 17.4. The number of rotatable bonds is 7. The van der Waals surface area contributed by atoms with E-state index in [-0.39, 0.29) is 22.9 Å². The van der Waals surface area contributed by atoms with Crippen LogP contribution in [0.4, 0.5) is 0 Å². The number of esters is 1. The minimum Gasteiger partial charge on any atom is -0.458 e.